The highest BCUT2D eigenvalue weighted by Crippen LogP contribution is 2.24. The summed E-state index contributed by atoms with van der Waals surface area (Å²) in [6.45, 7) is 10.7. The number of carbonyl (C=O) groups is 1. The smallest absolute Gasteiger partial charge is 0.279 e. The normalized spacial score (nSPS) is 16.4. The Kier molecular flexibility index (Phi) is 6.65. The number of nitrogens with zero attached hydrogens (tertiary/aromatic N) is 1. The molecule has 1 fully saturated rings. The summed E-state index contributed by atoms with van der Waals surface area (Å²) in [5, 5.41) is 2.91. The molecule has 0 saturated carbocycles. The SMILES string of the molecule is Cc1ccc(NC(=O)C[NH+]2CCN(S(=O)(=O)c3ccc(C(C)(C)C)cc3)CC2)cc1. The molecule has 0 bridgehead atoms. The maximum atomic E-state index is 13.0. The van der Waals surface area contributed by atoms with Crippen molar-refractivity contribution < 1.29 is 18.1 Å². The van der Waals surface area contributed by atoms with Crippen LogP contribution in [0.2, 0.25) is 0 Å². The summed E-state index contributed by atoms with van der Waals surface area (Å²) in [6, 6.07) is 14.9. The van der Waals surface area contributed by atoms with E-state index in [1.807, 2.05) is 43.3 Å². The van der Waals surface area contributed by atoms with Crippen LogP contribution in [0.3, 0.4) is 0 Å². The zero-order valence-corrected chi connectivity index (χ0v) is 19.1. The predicted molar refractivity (Wildman–Crippen MR) is 119 cm³/mol. The summed E-state index contributed by atoms with van der Waals surface area (Å²) in [5.74, 6) is -0.0528. The van der Waals surface area contributed by atoms with Crippen LogP contribution in [0.4, 0.5) is 5.69 Å². The zero-order chi connectivity index (χ0) is 21.9. The van der Waals surface area contributed by atoms with Gasteiger partial charge < -0.3 is 10.2 Å². The molecule has 0 atom stereocenters. The molecule has 6 nitrogen and oxygen atoms in total. The first-order valence-electron chi connectivity index (χ1n) is 10.4. The quantitative estimate of drug-likeness (QED) is 0.760. The van der Waals surface area contributed by atoms with E-state index in [0.717, 1.165) is 21.7 Å². The van der Waals surface area contributed by atoms with Gasteiger partial charge >= 0.3 is 0 Å². The summed E-state index contributed by atoms with van der Waals surface area (Å²) in [7, 11) is -3.51. The molecule has 2 N–H and O–H groups in total. The molecular formula is C23H32N3O3S+. The minimum Gasteiger partial charge on any atom is -0.325 e. The van der Waals surface area contributed by atoms with Crippen LogP contribution in [0.25, 0.3) is 0 Å². The fourth-order valence-corrected chi connectivity index (χ4v) is 5.01. The second-order valence-corrected chi connectivity index (χ2v) is 11.0. The van der Waals surface area contributed by atoms with Crippen LogP contribution in [0, 0.1) is 6.92 Å². The predicted octanol–water partition coefficient (Wildman–Crippen LogP) is 1.82. The van der Waals surface area contributed by atoms with Crippen LogP contribution in [0.1, 0.15) is 31.9 Å². The molecule has 0 unspecified atom stereocenters. The monoisotopic (exact) mass is 430 g/mol. The third-order valence-electron chi connectivity index (χ3n) is 5.53. The van der Waals surface area contributed by atoms with Gasteiger partial charge in [0.1, 0.15) is 0 Å². The molecule has 1 amide bonds. The topological polar surface area (TPSA) is 70.9 Å². The van der Waals surface area contributed by atoms with E-state index < -0.39 is 10.0 Å². The lowest BCUT2D eigenvalue weighted by Crippen LogP contribution is -3.15. The largest absolute Gasteiger partial charge is 0.325 e. The number of aryl methyl sites for hydroxylation is 1. The molecule has 2 aromatic rings. The molecule has 2 aromatic carbocycles. The van der Waals surface area contributed by atoms with E-state index in [9.17, 15) is 13.2 Å². The van der Waals surface area contributed by atoms with Crippen LogP contribution < -0.4 is 10.2 Å². The first kappa shape index (κ1) is 22.5. The highest BCUT2D eigenvalue weighted by Gasteiger charge is 2.31. The number of anilines is 1. The number of rotatable bonds is 5. The van der Waals surface area contributed by atoms with E-state index in [2.05, 4.69) is 26.1 Å². The maximum absolute atomic E-state index is 13.0. The Morgan fingerprint density at radius 1 is 1.00 bits per heavy atom. The van der Waals surface area contributed by atoms with Gasteiger partial charge in [0.15, 0.2) is 6.54 Å². The third kappa shape index (κ3) is 5.47. The van der Waals surface area contributed by atoms with E-state index in [1.165, 1.54) is 4.31 Å². The molecule has 1 heterocycles. The van der Waals surface area contributed by atoms with E-state index in [4.69, 9.17) is 0 Å². The van der Waals surface area contributed by atoms with Gasteiger partial charge in [-0.25, -0.2) is 8.42 Å². The fraction of sp³-hybridized carbons (Fsp3) is 0.435. The molecule has 0 aliphatic carbocycles. The number of sulfonamides is 1. The van der Waals surface area contributed by atoms with Crippen molar-refractivity contribution in [3.05, 3.63) is 59.7 Å². The first-order valence-corrected chi connectivity index (χ1v) is 11.8. The van der Waals surface area contributed by atoms with Crippen LogP contribution in [-0.2, 0) is 20.2 Å². The van der Waals surface area contributed by atoms with Gasteiger partial charge in [0.05, 0.1) is 31.1 Å². The van der Waals surface area contributed by atoms with Gasteiger partial charge in [-0.2, -0.15) is 4.31 Å². The van der Waals surface area contributed by atoms with Crippen LogP contribution in [0.5, 0.6) is 0 Å². The van der Waals surface area contributed by atoms with Crippen molar-refractivity contribution in [1.82, 2.24) is 4.31 Å². The van der Waals surface area contributed by atoms with Gasteiger partial charge in [0.2, 0.25) is 10.0 Å². The number of benzene rings is 2. The Morgan fingerprint density at radius 2 is 1.57 bits per heavy atom. The average molecular weight is 431 g/mol. The number of nitrogens with one attached hydrogen (secondary N) is 2. The molecule has 0 aromatic heterocycles. The molecule has 1 aliphatic rings. The fourth-order valence-electron chi connectivity index (χ4n) is 3.56. The summed E-state index contributed by atoms with van der Waals surface area (Å²) >= 11 is 0. The summed E-state index contributed by atoms with van der Waals surface area (Å²) in [5.41, 5.74) is 3.01. The number of quaternary nitrogens is 1. The Morgan fingerprint density at radius 3 is 2.10 bits per heavy atom. The first-order chi connectivity index (χ1) is 14.1. The van der Waals surface area contributed by atoms with Crippen LogP contribution in [-0.4, -0.2) is 51.4 Å². The second-order valence-electron chi connectivity index (χ2n) is 9.02. The average Bonchev–Trinajstić information content (AvgIpc) is 2.69. The van der Waals surface area contributed by atoms with E-state index in [-0.39, 0.29) is 11.3 Å². The van der Waals surface area contributed by atoms with Gasteiger partial charge in [-0.3, -0.25) is 4.79 Å². The molecular weight excluding hydrogens is 398 g/mol. The van der Waals surface area contributed by atoms with Gasteiger partial charge in [0, 0.05) is 5.69 Å². The highest BCUT2D eigenvalue weighted by molar-refractivity contribution is 7.89. The number of hydrogen-bond donors (Lipinski definition) is 2. The van der Waals surface area contributed by atoms with Crippen LogP contribution >= 0.6 is 0 Å². The number of carbonyl (C=O) groups excluding carboxylic acids is 1. The number of hydrogen-bond acceptors (Lipinski definition) is 3. The Hall–Kier alpha value is -2.22. The summed E-state index contributed by atoms with van der Waals surface area (Å²) in [4.78, 5) is 13.7. The van der Waals surface area contributed by atoms with Crippen molar-refractivity contribution in [3.63, 3.8) is 0 Å². The lowest BCUT2D eigenvalue weighted by atomic mass is 9.87. The van der Waals surface area contributed by atoms with Crippen molar-refractivity contribution in [2.45, 2.75) is 38.0 Å². The van der Waals surface area contributed by atoms with E-state index >= 15 is 0 Å². The highest BCUT2D eigenvalue weighted by atomic mass is 32.2. The molecule has 7 heteroatoms. The second kappa shape index (κ2) is 8.88. The van der Waals surface area contributed by atoms with Gasteiger partial charge in [-0.15, -0.1) is 0 Å². The summed E-state index contributed by atoms with van der Waals surface area (Å²) in [6.07, 6.45) is 0. The number of amides is 1. The Bertz CT molecular complexity index is 970. The summed E-state index contributed by atoms with van der Waals surface area (Å²) < 4.78 is 27.5. The molecule has 30 heavy (non-hydrogen) atoms. The van der Waals surface area contributed by atoms with Crippen LogP contribution in [0.15, 0.2) is 53.4 Å². The van der Waals surface area contributed by atoms with E-state index in [0.29, 0.717) is 37.6 Å². The molecule has 0 spiro atoms. The molecule has 1 saturated heterocycles. The Balaban J connectivity index is 1.55. The van der Waals surface area contributed by atoms with E-state index in [1.54, 1.807) is 12.1 Å². The standard InChI is InChI=1S/C23H31N3O3S/c1-18-5-9-20(10-6-18)24-22(27)17-25-13-15-26(16-14-25)30(28,29)21-11-7-19(8-12-21)23(2,3)4/h5-12H,13-17H2,1-4H3,(H,24,27)/p+1. The van der Waals surface area contributed by atoms with Crippen molar-refractivity contribution in [1.29, 1.82) is 0 Å². The number of piperazine rings is 1. The maximum Gasteiger partial charge on any atom is 0.279 e. The molecule has 0 radical (unpaired) electrons. The van der Waals surface area contributed by atoms with Crippen molar-refractivity contribution in [2.24, 2.45) is 0 Å². The minimum absolute atomic E-state index is 0.0174. The van der Waals surface area contributed by atoms with Gasteiger partial charge in [-0.1, -0.05) is 50.6 Å². The van der Waals surface area contributed by atoms with Crippen molar-refractivity contribution >= 4 is 21.6 Å². The lowest BCUT2D eigenvalue weighted by molar-refractivity contribution is -0.895. The van der Waals surface area contributed by atoms with Crippen molar-refractivity contribution in [3.8, 4) is 0 Å². The zero-order valence-electron chi connectivity index (χ0n) is 18.2. The van der Waals surface area contributed by atoms with Gasteiger partial charge in [-0.05, 0) is 42.2 Å². The minimum atomic E-state index is -3.51. The third-order valence-corrected chi connectivity index (χ3v) is 7.45. The lowest BCUT2D eigenvalue weighted by Gasteiger charge is -2.31. The van der Waals surface area contributed by atoms with Crippen molar-refractivity contribution in [2.75, 3.05) is 38.0 Å². The molecule has 162 valence electrons. The molecule has 3 rings (SSSR count). The Labute approximate surface area is 179 Å². The molecule has 1 aliphatic heterocycles. The van der Waals surface area contributed by atoms with Gasteiger partial charge in [0.25, 0.3) is 5.91 Å².